The van der Waals surface area contributed by atoms with E-state index in [1.54, 1.807) is 4.90 Å². The van der Waals surface area contributed by atoms with E-state index in [0.717, 1.165) is 31.4 Å². The summed E-state index contributed by atoms with van der Waals surface area (Å²) in [5.41, 5.74) is 0.533. The molecule has 1 heterocycles. The van der Waals surface area contributed by atoms with Crippen LogP contribution >= 0.6 is 0 Å². The van der Waals surface area contributed by atoms with Gasteiger partial charge in [0.25, 0.3) is 0 Å². The van der Waals surface area contributed by atoms with Crippen LogP contribution in [0.4, 0.5) is 10.6 Å². The summed E-state index contributed by atoms with van der Waals surface area (Å²) in [7, 11) is 0. The highest BCUT2D eigenvalue weighted by atomic mass is 16.2. The molecule has 2 rings (SSSR count). The first-order valence-corrected chi connectivity index (χ1v) is 10.9. The van der Waals surface area contributed by atoms with Crippen LogP contribution in [0, 0.1) is 0 Å². The largest absolute Gasteiger partial charge is 0.335 e. The van der Waals surface area contributed by atoms with Crippen LogP contribution in [0.3, 0.4) is 0 Å². The lowest BCUT2D eigenvalue weighted by Gasteiger charge is -2.27. The molecule has 1 saturated carbocycles. The Morgan fingerprint density at radius 1 is 1.14 bits per heavy atom. The second-order valence-electron chi connectivity index (χ2n) is 10.1. The van der Waals surface area contributed by atoms with Crippen molar-refractivity contribution in [1.82, 2.24) is 20.0 Å². The molecule has 0 aromatic carbocycles. The van der Waals surface area contributed by atoms with Crippen molar-refractivity contribution in [3.8, 4) is 0 Å². The number of aromatic nitrogens is 2. The molecular formula is C22H39N5O2. The number of likely N-dealkylation sites (N-methyl/N-ethyl adjacent to an activating group) is 1. The summed E-state index contributed by atoms with van der Waals surface area (Å²) in [5.74, 6) is 0.452. The molecule has 7 heteroatoms. The Morgan fingerprint density at radius 3 is 2.28 bits per heavy atom. The Morgan fingerprint density at radius 2 is 1.76 bits per heavy atom. The summed E-state index contributed by atoms with van der Waals surface area (Å²) >= 11 is 0. The van der Waals surface area contributed by atoms with E-state index >= 15 is 0 Å². The topological polar surface area (TPSA) is 79.3 Å². The van der Waals surface area contributed by atoms with E-state index in [-0.39, 0.29) is 35.5 Å². The molecule has 164 valence electrons. The van der Waals surface area contributed by atoms with E-state index in [0.29, 0.717) is 12.4 Å². The third-order valence-electron chi connectivity index (χ3n) is 5.32. The Balaban J connectivity index is 2.06. The molecule has 1 aliphatic rings. The van der Waals surface area contributed by atoms with Crippen molar-refractivity contribution in [2.45, 2.75) is 97.6 Å². The number of hydrogen-bond donors (Lipinski definition) is 2. The molecule has 1 aliphatic carbocycles. The van der Waals surface area contributed by atoms with Crippen molar-refractivity contribution in [3.05, 3.63) is 11.8 Å². The minimum atomic E-state index is -0.269. The standard InChI is InChI=1S/C22H39N5O2/c1-8-26(20(29)23-16-12-10-9-11-13-16)15-19(28)24-18-14-17(21(2,3)4)25-27(18)22(5,6)7/h14,16H,8-13,15H2,1-7H3,(H,23,29)(H,24,28). The number of carbonyl (C=O) groups is 2. The Labute approximate surface area is 175 Å². The first-order valence-electron chi connectivity index (χ1n) is 10.9. The zero-order valence-electron chi connectivity index (χ0n) is 19.3. The summed E-state index contributed by atoms with van der Waals surface area (Å²) < 4.78 is 1.85. The van der Waals surface area contributed by atoms with Gasteiger partial charge in [0.1, 0.15) is 12.4 Å². The van der Waals surface area contributed by atoms with E-state index in [4.69, 9.17) is 5.10 Å². The third kappa shape index (κ3) is 6.47. The first-order chi connectivity index (χ1) is 13.4. The van der Waals surface area contributed by atoms with Crippen molar-refractivity contribution in [1.29, 1.82) is 0 Å². The summed E-state index contributed by atoms with van der Waals surface area (Å²) in [6, 6.07) is 2.00. The highest BCUT2D eigenvalue weighted by Crippen LogP contribution is 2.28. The fraction of sp³-hybridized carbons (Fsp3) is 0.773. The lowest BCUT2D eigenvalue weighted by Crippen LogP contribution is -2.48. The summed E-state index contributed by atoms with van der Waals surface area (Å²) in [6.07, 6.45) is 5.60. The van der Waals surface area contributed by atoms with Crippen LogP contribution < -0.4 is 10.6 Å². The van der Waals surface area contributed by atoms with Crippen molar-refractivity contribution in [2.75, 3.05) is 18.4 Å². The lowest BCUT2D eigenvalue weighted by molar-refractivity contribution is -0.116. The first kappa shape index (κ1) is 23.2. The molecule has 1 aromatic rings. The van der Waals surface area contributed by atoms with Crippen LogP contribution in [0.2, 0.25) is 0 Å². The van der Waals surface area contributed by atoms with Crippen LogP contribution in [0.25, 0.3) is 0 Å². The predicted octanol–water partition coefficient (Wildman–Crippen LogP) is 4.24. The summed E-state index contributed by atoms with van der Waals surface area (Å²) in [4.78, 5) is 26.9. The van der Waals surface area contributed by atoms with Gasteiger partial charge in [0.05, 0.1) is 11.2 Å². The van der Waals surface area contributed by atoms with Gasteiger partial charge in [-0.05, 0) is 40.5 Å². The van der Waals surface area contributed by atoms with Gasteiger partial charge < -0.3 is 15.5 Å². The van der Waals surface area contributed by atoms with Gasteiger partial charge in [0.2, 0.25) is 5.91 Å². The highest BCUT2D eigenvalue weighted by molar-refractivity contribution is 5.93. The molecule has 0 spiro atoms. The van der Waals surface area contributed by atoms with E-state index in [9.17, 15) is 9.59 Å². The van der Waals surface area contributed by atoms with E-state index in [2.05, 4.69) is 52.2 Å². The zero-order chi connectivity index (χ0) is 21.8. The number of nitrogens with one attached hydrogen (secondary N) is 2. The molecule has 2 N–H and O–H groups in total. The van der Waals surface area contributed by atoms with Gasteiger partial charge in [-0.1, -0.05) is 40.0 Å². The molecular weight excluding hydrogens is 366 g/mol. The minimum Gasteiger partial charge on any atom is -0.335 e. The molecule has 0 aliphatic heterocycles. The van der Waals surface area contributed by atoms with Crippen LogP contribution in [0.1, 0.15) is 86.3 Å². The van der Waals surface area contributed by atoms with Crippen molar-refractivity contribution in [3.63, 3.8) is 0 Å². The Bertz CT molecular complexity index is 706. The number of hydrogen-bond acceptors (Lipinski definition) is 3. The number of urea groups is 1. The quantitative estimate of drug-likeness (QED) is 0.769. The van der Waals surface area contributed by atoms with Crippen molar-refractivity contribution in [2.24, 2.45) is 0 Å². The smallest absolute Gasteiger partial charge is 0.318 e. The molecule has 0 unspecified atom stereocenters. The zero-order valence-corrected chi connectivity index (χ0v) is 19.3. The van der Waals surface area contributed by atoms with Crippen LogP contribution in [-0.4, -0.2) is 45.8 Å². The number of rotatable bonds is 5. The van der Waals surface area contributed by atoms with Gasteiger partial charge in [0, 0.05) is 24.1 Å². The third-order valence-corrected chi connectivity index (χ3v) is 5.32. The second kappa shape index (κ2) is 9.18. The molecule has 0 radical (unpaired) electrons. The molecule has 1 fully saturated rings. The second-order valence-corrected chi connectivity index (χ2v) is 10.1. The monoisotopic (exact) mass is 405 g/mol. The Hall–Kier alpha value is -2.05. The van der Waals surface area contributed by atoms with Gasteiger partial charge in [-0.15, -0.1) is 0 Å². The highest BCUT2D eigenvalue weighted by Gasteiger charge is 2.27. The number of nitrogens with zero attached hydrogens (tertiary/aromatic N) is 3. The van der Waals surface area contributed by atoms with Gasteiger partial charge >= 0.3 is 6.03 Å². The number of anilines is 1. The predicted molar refractivity (Wildman–Crippen MR) is 117 cm³/mol. The SMILES string of the molecule is CCN(CC(=O)Nc1cc(C(C)(C)C)nn1C(C)(C)C)C(=O)NC1CCCCC1. The van der Waals surface area contributed by atoms with E-state index in [1.165, 1.54) is 6.42 Å². The fourth-order valence-corrected chi connectivity index (χ4v) is 3.54. The lowest BCUT2D eigenvalue weighted by atomic mass is 9.92. The average Bonchev–Trinajstić information content (AvgIpc) is 3.05. The van der Waals surface area contributed by atoms with E-state index in [1.807, 2.05) is 17.7 Å². The summed E-state index contributed by atoms with van der Waals surface area (Å²) in [6.45, 7) is 14.9. The van der Waals surface area contributed by atoms with Crippen LogP contribution in [0.5, 0.6) is 0 Å². The van der Waals surface area contributed by atoms with E-state index < -0.39 is 0 Å². The molecule has 3 amide bonds. The molecule has 0 atom stereocenters. The van der Waals surface area contributed by atoms with Crippen LogP contribution in [0.15, 0.2) is 6.07 Å². The van der Waals surface area contributed by atoms with Crippen LogP contribution in [-0.2, 0) is 15.7 Å². The number of carbonyl (C=O) groups excluding carboxylic acids is 2. The molecule has 29 heavy (non-hydrogen) atoms. The normalized spacial score (nSPS) is 15.8. The average molecular weight is 406 g/mol. The van der Waals surface area contributed by atoms with Crippen molar-refractivity contribution < 1.29 is 9.59 Å². The molecule has 1 aromatic heterocycles. The van der Waals surface area contributed by atoms with Gasteiger partial charge in [0.15, 0.2) is 0 Å². The van der Waals surface area contributed by atoms with Gasteiger partial charge in [-0.3, -0.25) is 4.79 Å². The maximum Gasteiger partial charge on any atom is 0.318 e. The fourth-order valence-electron chi connectivity index (χ4n) is 3.54. The number of amides is 3. The molecule has 7 nitrogen and oxygen atoms in total. The molecule has 0 saturated heterocycles. The Kier molecular flexibility index (Phi) is 7.35. The molecule has 0 bridgehead atoms. The minimum absolute atomic E-state index is 0.0230. The summed E-state index contributed by atoms with van der Waals surface area (Å²) in [5, 5.41) is 10.8. The maximum absolute atomic E-state index is 12.7. The maximum atomic E-state index is 12.7. The van der Waals surface area contributed by atoms with Crippen molar-refractivity contribution >= 4 is 17.8 Å². The van der Waals surface area contributed by atoms with Gasteiger partial charge in [-0.2, -0.15) is 5.10 Å². The van der Waals surface area contributed by atoms with Gasteiger partial charge in [-0.25, -0.2) is 9.48 Å².